The minimum Gasteiger partial charge on any atom is -0.373 e. The van der Waals surface area contributed by atoms with E-state index in [1.807, 2.05) is 19.2 Å². The van der Waals surface area contributed by atoms with Gasteiger partial charge in [0.05, 0.1) is 16.6 Å². The normalized spacial score (nSPS) is 16.0. The van der Waals surface area contributed by atoms with E-state index in [1.54, 1.807) is 26.0 Å². The smallest absolute Gasteiger partial charge is 0.162 e. The number of carbonyl (C=O) groups excluding carboxylic acids is 1. The van der Waals surface area contributed by atoms with Crippen molar-refractivity contribution in [3.05, 3.63) is 53.2 Å². The van der Waals surface area contributed by atoms with Crippen LogP contribution in [0.25, 0.3) is 22.0 Å². The molecule has 5 heteroatoms. The number of benzene rings is 2. The molecule has 0 amide bonds. The summed E-state index contributed by atoms with van der Waals surface area (Å²) in [5, 5.41) is 3.87. The van der Waals surface area contributed by atoms with Crippen LogP contribution in [0, 0.1) is 18.6 Å². The number of para-hydroxylation sites is 1. The second kappa shape index (κ2) is 5.15. The Morgan fingerprint density at radius 2 is 1.96 bits per heavy atom. The van der Waals surface area contributed by atoms with E-state index in [0.29, 0.717) is 16.8 Å². The number of fused-ring (bicyclic) bond motifs is 2. The van der Waals surface area contributed by atoms with Crippen LogP contribution in [0.1, 0.15) is 25.0 Å². The summed E-state index contributed by atoms with van der Waals surface area (Å²) in [5.41, 5.74) is 1.80. The Morgan fingerprint density at radius 3 is 2.72 bits per heavy atom. The molecule has 3 nitrogen and oxygen atoms in total. The fourth-order valence-electron chi connectivity index (χ4n) is 3.48. The minimum atomic E-state index is -0.829. The minimum absolute atomic E-state index is 0.0474. The molecule has 25 heavy (non-hydrogen) atoms. The predicted octanol–water partition coefficient (Wildman–Crippen LogP) is 4.74. The van der Waals surface area contributed by atoms with Crippen LogP contribution in [0.4, 0.5) is 14.5 Å². The number of aromatic nitrogens is 1. The first-order valence-electron chi connectivity index (χ1n) is 8.19. The number of rotatable bonds is 1. The van der Waals surface area contributed by atoms with Gasteiger partial charge in [-0.3, -0.25) is 4.79 Å². The third-order valence-electron chi connectivity index (χ3n) is 4.99. The molecule has 128 valence electrons. The summed E-state index contributed by atoms with van der Waals surface area (Å²) in [4.78, 5) is 15.3. The van der Waals surface area contributed by atoms with Crippen LogP contribution in [0.2, 0.25) is 0 Å². The molecule has 1 aromatic heterocycles. The number of H-pyrrole nitrogens is 1. The van der Waals surface area contributed by atoms with E-state index in [4.69, 9.17) is 0 Å². The van der Waals surface area contributed by atoms with Gasteiger partial charge in [0, 0.05) is 34.8 Å². The molecule has 3 aromatic rings. The summed E-state index contributed by atoms with van der Waals surface area (Å²) in [6, 6.07) is 6.67. The monoisotopic (exact) mass is 340 g/mol. The summed E-state index contributed by atoms with van der Waals surface area (Å²) < 4.78 is 30.0. The topological polar surface area (TPSA) is 44.9 Å². The highest BCUT2D eigenvalue weighted by Gasteiger charge is 2.36. The van der Waals surface area contributed by atoms with E-state index in [0.717, 1.165) is 10.9 Å². The Bertz CT molecular complexity index is 1030. The average molecular weight is 340 g/mol. The molecule has 0 unspecified atom stereocenters. The third-order valence-corrected chi connectivity index (χ3v) is 4.99. The second-order valence-corrected chi connectivity index (χ2v) is 7.12. The van der Waals surface area contributed by atoms with Crippen molar-refractivity contribution in [2.24, 2.45) is 0 Å². The van der Waals surface area contributed by atoms with Gasteiger partial charge in [-0.15, -0.1) is 0 Å². The summed E-state index contributed by atoms with van der Waals surface area (Å²) in [5.74, 6) is -1.44. The Labute approximate surface area is 144 Å². The number of nitrogens with one attached hydrogen (secondary N) is 2. The number of aryl methyl sites for hydroxylation is 1. The molecule has 4 rings (SSSR count). The van der Waals surface area contributed by atoms with E-state index in [9.17, 15) is 9.18 Å². The zero-order chi connectivity index (χ0) is 17.9. The standard InChI is InChI=1S/C20H18F2N2O/c1-10-9-23-19-11(10)5-4-6-12(19)17-14(21)8-15-13(18(17)22)7-16(25)20(2,3)24-15/h4-6,8-9,23-24H,7H2,1-3H3. The fourth-order valence-corrected chi connectivity index (χ4v) is 3.48. The number of anilines is 1. The van der Waals surface area contributed by atoms with Crippen molar-refractivity contribution in [3.63, 3.8) is 0 Å². The van der Waals surface area contributed by atoms with Gasteiger partial charge in [0.25, 0.3) is 0 Å². The number of ketones is 1. The van der Waals surface area contributed by atoms with E-state index in [1.165, 1.54) is 6.07 Å². The van der Waals surface area contributed by atoms with Gasteiger partial charge in [0.1, 0.15) is 11.6 Å². The maximum atomic E-state index is 15.2. The Hall–Kier alpha value is -2.69. The highest BCUT2D eigenvalue weighted by molar-refractivity contribution is 5.99. The van der Waals surface area contributed by atoms with E-state index >= 15 is 4.39 Å². The Morgan fingerprint density at radius 1 is 1.20 bits per heavy atom. The number of hydrogen-bond donors (Lipinski definition) is 2. The molecular weight excluding hydrogens is 322 g/mol. The van der Waals surface area contributed by atoms with Gasteiger partial charge in [0.2, 0.25) is 0 Å². The Balaban J connectivity index is 1.98. The van der Waals surface area contributed by atoms with Crippen molar-refractivity contribution < 1.29 is 13.6 Å². The van der Waals surface area contributed by atoms with Crippen LogP contribution in [-0.4, -0.2) is 16.3 Å². The molecule has 0 saturated carbocycles. The molecule has 1 aliphatic heterocycles. The van der Waals surface area contributed by atoms with Crippen molar-refractivity contribution in [1.82, 2.24) is 4.98 Å². The number of halogens is 2. The lowest BCUT2D eigenvalue weighted by atomic mass is 9.86. The molecule has 2 N–H and O–H groups in total. The van der Waals surface area contributed by atoms with Crippen LogP contribution in [0.15, 0.2) is 30.5 Å². The zero-order valence-electron chi connectivity index (χ0n) is 14.3. The van der Waals surface area contributed by atoms with Crippen molar-refractivity contribution >= 4 is 22.4 Å². The molecule has 0 fully saturated rings. The van der Waals surface area contributed by atoms with Crippen LogP contribution < -0.4 is 5.32 Å². The summed E-state index contributed by atoms with van der Waals surface area (Å²) >= 11 is 0. The number of carbonyl (C=O) groups is 1. The molecular formula is C20H18F2N2O. The maximum absolute atomic E-state index is 15.2. The lowest BCUT2D eigenvalue weighted by Gasteiger charge is -2.33. The molecule has 1 aliphatic rings. The summed E-state index contributed by atoms with van der Waals surface area (Å²) in [7, 11) is 0. The number of aromatic amines is 1. The molecule has 0 atom stereocenters. The Kier molecular flexibility index (Phi) is 3.26. The van der Waals surface area contributed by atoms with Crippen LogP contribution in [0.5, 0.6) is 0 Å². The third kappa shape index (κ3) is 2.26. The molecule has 2 aromatic carbocycles. The van der Waals surface area contributed by atoms with Gasteiger partial charge in [0.15, 0.2) is 5.78 Å². The molecule has 0 radical (unpaired) electrons. The van der Waals surface area contributed by atoms with Gasteiger partial charge < -0.3 is 10.3 Å². The fraction of sp³-hybridized carbons (Fsp3) is 0.250. The highest BCUT2D eigenvalue weighted by atomic mass is 19.1. The second-order valence-electron chi connectivity index (χ2n) is 7.12. The van der Waals surface area contributed by atoms with Gasteiger partial charge in [-0.05, 0) is 32.4 Å². The molecule has 0 aliphatic carbocycles. The van der Waals surface area contributed by atoms with Crippen LogP contribution in [-0.2, 0) is 11.2 Å². The predicted molar refractivity (Wildman–Crippen MR) is 94.8 cm³/mol. The SMILES string of the molecule is Cc1c[nH]c2c(-c3c(F)cc4c(c3F)CC(=O)C(C)(C)N4)cccc12. The maximum Gasteiger partial charge on any atom is 0.162 e. The van der Waals surface area contributed by atoms with E-state index < -0.39 is 17.2 Å². The quantitative estimate of drug-likeness (QED) is 0.672. The van der Waals surface area contributed by atoms with E-state index in [2.05, 4.69) is 10.3 Å². The summed E-state index contributed by atoms with van der Waals surface area (Å²) in [6.07, 6.45) is 1.77. The van der Waals surface area contributed by atoms with Crippen LogP contribution in [0.3, 0.4) is 0 Å². The largest absolute Gasteiger partial charge is 0.373 e. The average Bonchev–Trinajstić information content (AvgIpc) is 2.92. The molecule has 2 heterocycles. The van der Waals surface area contributed by atoms with Gasteiger partial charge >= 0.3 is 0 Å². The van der Waals surface area contributed by atoms with Crippen molar-refractivity contribution in [3.8, 4) is 11.1 Å². The molecule has 0 saturated heterocycles. The first-order chi connectivity index (χ1) is 11.8. The number of hydrogen-bond acceptors (Lipinski definition) is 2. The van der Waals surface area contributed by atoms with Gasteiger partial charge in [-0.25, -0.2) is 8.78 Å². The molecule has 0 spiro atoms. The summed E-state index contributed by atoms with van der Waals surface area (Å²) in [6.45, 7) is 5.36. The highest BCUT2D eigenvalue weighted by Crippen LogP contribution is 2.39. The van der Waals surface area contributed by atoms with Crippen molar-refractivity contribution in [2.45, 2.75) is 32.7 Å². The zero-order valence-corrected chi connectivity index (χ0v) is 14.3. The first-order valence-corrected chi connectivity index (χ1v) is 8.19. The lowest BCUT2D eigenvalue weighted by molar-refractivity contribution is -0.122. The molecule has 0 bridgehead atoms. The van der Waals surface area contributed by atoms with Crippen molar-refractivity contribution in [2.75, 3.05) is 5.32 Å². The van der Waals surface area contributed by atoms with Gasteiger partial charge in [-0.2, -0.15) is 0 Å². The first kappa shape index (κ1) is 15.8. The van der Waals surface area contributed by atoms with E-state index in [-0.39, 0.29) is 23.3 Å². The lowest BCUT2D eigenvalue weighted by Crippen LogP contribution is -2.45. The van der Waals surface area contributed by atoms with Crippen molar-refractivity contribution in [1.29, 1.82) is 0 Å². The number of Topliss-reactive ketones (excluding diaryl/α,β-unsaturated/α-hetero) is 1. The van der Waals surface area contributed by atoms with Crippen LogP contribution >= 0.6 is 0 Å². The van der Waals surface area contributed by atoms with Gasteiger partial charge in [-0.1, -0.05) is 18.2 Å².